The van der Waals surface area contributed by atoms with Gasteiger partial charge >= 0.3 is 5.69 Å². The van der Waals surface area contributed by atoms with Crippen LogP contribution in [-0.4, -0.2) is 74.7 Å². The van der Waals surface area contributed by atoms with E-state index < -0.39 is 11.2 Å². The Morgan fingerprint density at radius 2 is 2.00 bits per heavy atom. The van der Waals surface area contributed by atoms with Gasteiger partial charge in [-0.1, -0.05) is 17.8 Å². The number of nitrogens with one attached hydrogen (secondary N) is 2. The van der Waals surface area contributed by atoms with Gasteiger partial charge in [-0.05, 0) is 12.1 Å². The van der Waals surface area contributed by atoms with E-state index in [-0.39, 0.29) is 18.1 Å². The number of carbonyl (C=O) groups excluding carboxylic acids is 1. The van der Waals surface area contributed by atoms with Crippen molar-refractivity contribution in [3.05, 3.63) is 62.7 Å². The van der Waals surface area contributed by atoms with Gasteiger partial charge in [0.25, 0.3) is 5.56 Å². The van der Waals surface area contributed by atoms with Crippen molar-refractivity contribution >= 4 is 17.7 Å². The van der Waals surface area contributed by atoms with Crippen molar-refractivity contribution in [3.8, 4) is 11.4 Å². The second-order valence-corrected chi connectivity index (χ2v) is 7.95. The molecule has 0 radical (unpaired) electrons. The molecule has 0 spiro atoms. The highest BCUT2D eigenvalue weighted by Gasteiger charge is 2.21. The number of morpholine rings is 1. The molecule has 0 unspecified atom stereocenters. The number of hydrogen-bond donors (Lipinski definition) is 2. The number of aromatic amines is 2. The van der Waals surface area contributed by atoms with Crippen LogP contribution in [0, 0.1) is 0 Å². The van der Waals surface area contributed by atoms with Crippen molar-refractivity contribution in [2.45, 2.75) is 11.6 Å². The largest absolute Gasteiger partial charge is 0.497 e. The Morgan fingerprint density at radius 1 is 1.19 bits per heavy atom. The van der Waals surface area contributed by atoms with E-state index in [1.54, 1.807) is 16.6 Å². The van der Waals surface area contributed by atoms with Gasteiger partial charge in [0.05, 0.1) is 31.8 Å². The molecule has 1 aliphatic rings. The molecule has 11 nitrogen and oxygen atoms in total. The second-order valence-electron chi connectivity index (χ2n) is 7.01. The summed E-state index contributed by atoms with van der Waals surface area (Å²) in [5, 5.41) is 9.05. The molecule has 2 aromatic heterocycles. The maximum absolute atomic E-state index is 12.6. The summed E-state index contributed by atoms with van der Waals surface area (Å²) in [4.78, 5) is 42.4. The van der Waals surface area contributed by atoms with Gasteiger partial charge in [-0.25, -0.2) is 4.79 Å². The molecule has 168 valence electrons. The molecule has 1 amide bonds. The molecule has 2 N–H and O–H groups in total. The number of rotatable bonds is 7. The van der Waals surface area contributed by atoms with Crippen LogP contribution in [-0.2, 0) is 16.0 Å². The highest BCUT2D eigenvalue weighted by Crippen LogP contribution is 2.25. The number of amides is 1. The quantitative estimate of drug-likeness (QED) is 0.479. The summed E-state index contributed by atoms with van der Waals surface area (Å²) < 4.78 is 12.4. The van der Waals surface area contributed by atoms with Gasteiger partial charge in [0.1, 0.15) is 11.6 Å². The van der Waals surface area contributed by atoms with E-state index in [9.17, 15) is 14.4 Å². The fourth-order valence-electron chi connectivity index (χ4n) is 3.33. The first-order valence-corrected chi connectivity index (χ1v) is 10.9. The molecular weight excluding hydrogens is 436 g/mol. The average molecular weight is 459 g/mol. The summed E-state index contributed by atoms with van der Waals surface area (Å²) in [7, 11) is 1.57. The summed E-state index contributed by atoms with van der Waals surface area (Å²) in [6.45, 7) is 2.22. The van der Waals surface area contributed by atoms with Gasteiger partial charge in [0, 0.05) is 37.3 Å². The predicted molar refractivity (Wildman–Crippen MR) is 117 cm³/mol. The van der Waals surface area contributed by atoms with E-state index >= 15 is 0 Å². The molecule has 1 aliphatic heterocycles. The van der Waals surface area contributed by atoms with E-state index in [1.807, 2.05) is 24.3 Å². The van der Waals surface area contributed by atoms with E-state index in [0.29, 0.717) is 48.7 Å². The Balaban J connectivity index is 1.64. The van der Waals surface area contributed by atoms with Crippen molar-refractivity contribution in [2.75, 3.05) is 39.2 Å². The monoisotopic (exact) mass is 458 g/mol. The van der Waals surface area contributed by atoms with Gasteiger partial charge in [-0.2, -0.15) is 0 Å². The summed E-state index contributed by atoms with van der Waals surface area (Å²) in [6, 6.07) is 8.64. The Hall–Kier alpha value is -3.38. The first-order chi connectivity index (χ1) is 15.5. The van der Waals surface area contributed by atoms with Crippen LogP contribution in [0.3, 0.4) is 0 Å². The molecule has 1 saturated heterocycles. The van der Waals surface area contributed by atoms with Crippen LogP contribution in [0.15, 0.2) is 45.1 Å². The fourth-order valence-corrected chi connectivity index (χ4v) is 4.21. The second kappa shape index (κ2) is 9.83. The zero-order valence-corrected chi connectivity index (χ0v) is 18.2. The number of ether oxygens (including phenoxy) is 2. The first-order valence-electron chi connectivity index (χ1n) is 9.93. The van der Waals surface area contributed by atoms with Gasteiger partial charge in [-0.3, -0.25) is 19.1 Å². The molecule has 1 fully saturated rings. The van der Waals surface area contributed by atoms with Gasteiger partial charge < -0.3 is 19.4 Å². The molecule has 0 saturated carbocycles. The maximum Gasteiger partial charge on any atom is 0.325 e. The van der Waals surface area contributed by atoms with Crippen LogP contribution in [0.5, 0.6) is 5.75 Å². The van der Waals surface area contributed by atoms with E-state index in [4.69, 9.17) is 9.47 Å². The minimum absolute atomic E-state index is 0.000958. The number of nitrogens with zero attached hydrogens (tertiary/aromatic N) is 4. The number of aromatic nitrogens is 5. The third kappa shape index (κ3) is 5.08. The van der Waals surface area contributed by atoms with Gasteiger partial charge in [0.15, 0.2) is 5.16 Å². The van der Waals surface area contributed by atoms with Crippen LogP contribution in [0.1, 0.15) is 11.5 Å². The summed E-state index contributed by atoms with van der Waals surface area (Å²) in [5.74, 6) is 1.34. The normalized spacial score (nSPS) is 13.8. The highest BCUT2D eigenvalue weighted by molar-refractivity contribution is 7.99. The molecular formula is C20H22N6O5S. The number of carbonyl (C=O) groups is 1. The molecule has 0 bridgehead atoms. The lowest BCUT2D eigenvalue weighted by atomic mass is 10.2. The average Bonchev–Trinajstić information content (AvgIpc) is 3.19. The number of methoxy groups -OCH3 is 1. The first kappa shape index (κ1) is 21.8. The lowest BCUT2D eigenvalue weighted by molar-refractivity contribution is -0.132. The topological polar surface area (TPSA) is 135 Å². The van der Waals surface area contributed by atoms with E-state index in [0.717, 1.165) is 5.69 Å². The molecule has 4 rings (SSSR count). The Morgan fingerprint density at radius 3 is 2.75 bits per heavy atom. The van der Waals surface area contributed by atoms with Crippen LogP contribution in [0.4, 0.5) is 0 Å². The van der Waals surface area contributed by atoms with Crippen molar-refractivity contribution in [1.82, 2.24) is 29.6 Å². The predicted octanol–water partition coefficient (Wildman–Crippen LogP) is 0.194. The fraction of sp³-hybridized carbons (Fsp3) is 0.350. The Bertz CT molecular complexity index is 1190. The number of benzene rings is 1. The molecule has 3 heterocycles. The van der Waals surface area contributed by atoms with Crippen LogP contribution in [0.2, 0.25) is 0 Å². The highest BCUT2D eigenvalue weighted by atomic mass is 32.2. The maximum atomic E-state index is 12.6. The lowest BCUT2D eigenvalue weighted by Gasteiger charge is -2.26. The molecule has 12 heteroatoms. The zero-order valence-electron chi connectivity index (χ0n) is 17.4. The minimum atomic E-state index is -0.592. The van der Waals surface area contributed by atoms with Crippen molar-refractivity contribution in [2.24, 2.45) is 0 Å². The van der Waals surface area contributed by atoms with Gasteiger partial charge in [0.2, 0.25) is 5.91 Å². The molecule has 3 aromatic rings. The molecule has 32 heavy (non-hydrogen) atoms. The standard InChI is InChI=1S/C20H22N6O5S/c1-30-15-4-2-3-14(11-15)26-16(9-13-10-17(27)22-19(29)21-13)23-24-20(26)32-12-18(28)25-5-7-31-8-6-25/h2-4,10-11H,5-9,12H2,1H3,(H2,21,22,27,29). The minimum Gasteiger partial charge on any atom is -0.497 e. The third-order valence-corrected chi connectivity index (χ3v) is 5.78. The van der Waals surface area contributed by atoms with Crippen molar-refractivity contribution in [3.63, 3.8) is 0 Å². The summed E-state index contributed by atoms with van der Waals surface area (Å²) in [6.07, 6.45) is 0.168. The van der Waals surface area contributed by atoms with E-state index in [2.05, 4.69) is 20.2 Å². The Labute approximate surface area is 186 Å². The zero-order chi connectivity index (χ0) is 22.5. The Kier molecular flexibility index (Phi) is 6.71. The lowest BCUT2D eigenvalue weighted by Crippen LogP contribution is -2.41. The number of hydrogen-bond acceptors (Lipinski definition) is 8. The van der Waals surface area contributed by atoms with Crippen LogP contribution >= 0.6 is 11.8 Å². The summed E-state index contributed by atoms with van der Waals surface area (Å²) >= 11 is 1.27. The van der Waals surface area contributed by atoms with E-state index in [1.165, 1.54) is 17.8 Å². The number of thioether (sulfide) groups is 1. The molecule has 1 aromatic carbocycles. The number of H-pyrrole nitrogens is 2. The van der Waals surface area contributed by atoms with Crippen LogP contribution in [0.25, 0.3) is 5.69 Å². The van der Waals surface area contributed by atoms with Crippen molar-refractivity contribution in [1.29, 1.82) is 0 Å². The summed E-state index contributed by atoms with van der Waals surface area (Å²) in [5.41, 5.74) is 0.0432. The van der Waals surface area contributed by atoms with Crippen molar-refractivity contribution < 1.29 is 14.3 Å². The molecule has 0 atom stereocenters. The SMILES string of the molecule is COc1cccc(-n2c(Cc3cc(=O)[nH]c(=O)[nH]3)nnc2SCC(=O)N2CCOCC2)c1. The van der Waals surface area contributed by atoms with Crippen LogP contribution < -0.4 is 16.0 Å². The molecule has 0 aliphatic carbocycles. The van der Waals surface area contributed by atoms with Gasteiger partial charge in [-0.15, -0.1) is 10.2 Å². The smallest absolute Gasteiger partial charge is 0.325 e. The third-order valence-electron chi connectivity index (χ3n) is 4.87.